The summed E-state index contributed by atoms with van der Waals surface area (Å²) in [7, 11) is 0. The van der Waals surface area contributed by atoms with Crippen molar-refractivity contribution in [1.29, 1.82) is 0 Å². The summed E-state index contributed by atoms with van der Waals surface area (Å²) in [5.41, 5.74) is 2.06. The highest BCUT2D eigenvalue weighted by Gasteiger charge is 2.29. The lowest BCUT2D eigenvalue weighted by Crippen LogP contribution is -2.39. The van der Waals surface area contributed by atoms with Gasteiger partial charge in [-0.1, -0.05) is 0 Å². The molecule has 4 rings (SSSR count). The van der Waals surface area contributed by atoms with Crippen molar-refractivity contribution in [3.8, 4) is 0 Å². The molecule has 7 nitrogen and oxygen atoms in total. The van der Waals surface area contributed by atoms with Gasteiger partial charge in [0, 0.05) is 50.0 Å². The fourth-order valence-electron chi connectivity index (χ4n) is 3.77. The number of aromatic nitrogens is 5. The third-order valence-corrected chi connectivity index (χ3v) is 5.12. The summed E-state index contributed by atoms with van der Waals surface area (Å²) in [6, 6.07) is 2.15. The number of aryl methyl sites for hydroxylation is 2. The predicted octanol–water partition coefficient (Wildman–Crippen LogP) is 2.77. The first-order chi connectivity index (χ1) is 12.7. The Morgan fingerprint density at radius 2 is 2.19 bits per heavy atom. The number of likely N-dealkylation sites (tertiary alicyclic amines) is 1. The molecule has 3 aromatic heterocycles. The van der Waals surface area contributed by atoms with E-state index < -0.39 is 0 Å². The van der Waals surface area contributed by atoms with Gasteiger partial charge in [-0.25, -0.2) is 15.0 Å². The van der Waals surface area contributed by atoms with Crippen molar-refractivity contribution >= 4 is 11.7 Å². The first-order valence-corrected chi connectivity index (χ1v) is 9.28. The number of imidazole rings is 2. The van der Waals surface area contributed by atoms with Crippen LogP contribution in [0.3, 0.4) is 0 Å². The lowest BCUT2D eigenvalue weighted by atomic mass is 9.98. The van der Waals surface area contributed by atoms with Crippen LogP contribution in [0.15, 0.2) is 37.2 Å². The molecule has 1 fully saturated rings. The summed E-state index contributed by atoms with van der Waals surface area (Å²) in [6.07, 6.45) is 13.7. The molecule has 0 saturated carbocycles. The Bertz CT molecular complexity index is 885. The second-order valence-electron chi connectivity index (χ2n) is 6.92. The Balaban J connectivity index is 1.48. The van der Waals surface area contributed by atoms with Crippen LogP contribution in [0.5, 0.6) is 0 Å². The molecule has 0 N–H and O–H groups in total. The maximum atomic E-state index is 12.9. The summed E-state index contributed by atoms with van der Waals surface area (Å²) >= 11 is 0. The van der Waals surface area contributed by atoms with Gasteiger partial charge < -0.3 is 9.47 Å². The number of piperidine rings is 1. The van der Waals surface area contributed by atoms with Gasteiger partial charge in [-0.15, -0.1) is 0 Å². The predicted molar refractivity (Wildman–Crippen MR) is 97.5 cm³/mol. The van der Waals surface area contributed by atoms with Crippen molar-refractivity contribution in [2.24, 2.45) is 0 Å². The number of carbonyl (C=O) groups is 1. The van der Waals surface area contributed by atoms with Crippen molar-refractivity contribution in [3.05, 3.63) is 48.6 Å². The number of hydrogen-bond acceptors (Lipinski definition) is 4. The lowest BCUT2D eigenvalue weighted by Gasteiger charge is -2.35. The number of carbonyl (C=O) groups excluding carboxylic acids is 1. The molecular weight excluding hydrogens is 328 g/mol. The molecule has 3 aromatic rings. The molecule has 4 heterocycles. The van der Waals surface area contributed by atoms with E-state index in [1.165, 1.54) is 0 Å². The molecule has 1 aliphatic rings. The molecule has 1 aliphatic heterocycles. The number of amides is 1. The zero-order valence-corrected chi connectivity index (χ0v) is 15.1. The minimum Gasteiger partial charge on any atom is -0.337 e. The Morgan fingerprint density at radius 3 is 3.04 bits per heavy atom. The minimum absolute atomic E-state index is 0.0601. The molecule has 1 atom stereocenters. The Hall–Kier alpha value is -2.70. The standard InChI is InChI=1S/C19H24N6O/c1-15-13-16(22-19-21-8-12-24(15)19)17-5-2-3-10-25(17)18(26)6-4-9-23-11-7-20-14-23/h7-8,11-14,17H,2-6,9-10H2,1H3. The smallest absolute Gasteiger partial charge is 0.234 e. The molecule has 0 aliphatic carbocycles. The summed E-state index contributed by atoms with van der Waals surface area (Å²) in [5.74, 6) is 0.926. The lowest BCUT2D eigenvalue weighted by molar-refractivity contribution is -0.135. The van der Waals surface area contributed by atoms with E-state index in [0.29, 0.717) is 12.2 Å². The van der Waals surface area contributed by atoms with Crippen LogP contribution < -0.4 is 0 Å². The van der Waals surface area contributed by atoms with Crippen LogP contribution in [0.2, 0.25) is 0 Å². The van der Waals surface area contributed by atoms with Crippen LogP contribution >= 0.6 is 0 Å². The topological polar surface area (TPSA) is 68.3 Å². The van der Waals surface area contributed by atoms with Gasteiger partial charge in [0.1, 0.15) is 0 Å². The first-order valence-electron chi connectivity index (χ1n) is 9.28. The first kappa shape index (κ1) is 16.8. The molecule has 1 amide bonds. The average Bonchev–Trinajstić information content (AvgIpc) is 3.33. The fraction of sp³-hybridized carbons (Fsp3) is 0.474. The van der Waals surface area contributed by atoms with E-state index in [-0.39, 0.29) is 11.9 Å². The zero-order valence-electron chi connectivity index (χ0n) is 15.1. The number of hydrogen-bond donors (Lipinski definition) is 0. The van der Waals surface area contributed by atoms with Gasteiger partial charge in [-0.3, -0.25) is 9.20 Å². The van der Waals surface area contributed by atoms with Crippen LogP contribution in [0, 0.1) is 6.92 Å². The molecule has 0 aromatic carbocycles. The fourth-order valence-corrected chi connectivity index (χ4v) is 3.77. The van der Waals surface area contributed by atoms with Crippen LogP contribution in [0.25, 0.3) is 5.78 Å². The van der Waals surface area contributed by atoms with Crippen molar-refractivity contribution in [2.45, 2.75) is 51.6 Å². The second kappa shape index (κ2) is 7.27. The normalized spacial score (nSPS) is 17.7. The van der Waals surface area contributed by atoms with Gasteiger partial charge in [-0.05, 0) is 38.7 Å². The molecule has 1 saturated heterocycles. The SMILES string of the molecule is Cc1cc(C2CCCCN2C(=O)CCCn2ccnc2)nc2nccn12. The molecule has 1 unspecified atom stereocenters. The van der Waals surface area contributed by atoms with Crippen molar-refractivity contribution < 1.29 is 4.79 Å². The highest BCUT2D eigenvalue weighted by Crippen LogP contribution is 2.31. The Morgan fingerprint density at radius 1 is 1.27 bits per heavy atom. The van der Waals surface area contributed by atoms with Crippen LogP contribution in [0.4, 0.5) is 0 Å². The van der Waals surface area contributed by atoms with E-state index >= 15 is 0 Å². The molecule has 0 radical (unpaired) electrons. The molecule has 0 bridgehead atoms. The number of fused-ring (bicyclic) bond motifs is 1. The third-order valence-electron chi connectivity index (χ3n) is 5.12. The van der Waals surface area contributed by atoms with E-state index in [1.54, 1.807) is 18.7 Å². The van der Waals surface area contributed by atoms with Gasteiger partial charge in [-0.2, -0.15) is 0 Å². The van der Waals surface area contributed by atoms with Crippen LogP contribution in [-0.2, 0) is 11.3 Å². The van der Waals surface area contributed by atoms with Gasteiger partial charge in [0.15, 0.2) is 0 Å². The monoisotopic (exact) mass is 352 g/mol. The molecule has 7 heteroatoms. The van der Waals surface area contributed by atoms with Gasteiger partial charge in [0.25, 0.3) is 0 Å². The summed E-state index contributed by atoms with van der Waals surface area (Å²) in [5, 5.41) is 0. The van der Waals surface area contributed by atoms with Crippen molar-refractivity contribution in [2.75, 3.05) is 6.54 Å². The number of nitrogens with zero attached hydrogens (tertiary/aromatic N) is 6. The van der Waals surface area contributed by atoms with E-state index in [4.69, 9.17) is 4.98 Å². The van der Waals surface area contributed by atoms with E-state index in [9.17, 15) is 4.79 Å². The maximum Gasteiger partial charge on any atom is 0.234 e. The van der Waals surface area contributed by atoms with Crippen molar-refractivity contribution in [3.63, 3.8) is 0 Å². The van der Waals surface area contributed by atoms with Crippen LogP contribution in [0.1, 0.15) is 49.5 Å². The summed E-state index contributed by atoms with van der Waals surface area (Å²) in [4.78, 5) is 28.0. The van der Waals surface area contributed by atoms with E-state index in [2.05, 4.69) is 23.0 Å². The second-order valence-corrected chi connectivity index (χ2v) is 6.92. The van der Waals surface area contributed by atoms with Crippen LogP contribution in [-0.4, -0.2) is 41.3 Å². The van der Waals surface area contributed by atoms with Crippen molar-refractivity contribution in [1.82, 2.24) is 28.8 Å². The Labute approximate surface area is 152 Å². The number of rotatable bonds is 5. The zero-order chi connectivity index (χ0) is 17.9. The summed E-state index contributed by atoms with van der Waals surface area (Å²) < 4.78 is 3.99. The van der Waals surface area contributed by atoms with Gasteiger partial charge in [0.2, 0.25) is 11.7 Å². The largest absolute Gasteiger partial charge is 0.337 e. The molecular formula is C19H24N6O. The molecule has 0 spiro atoms. The molecule has 136 valence electrons. The maximum absolute atomic E-state index is 12.9. The summed E-state index contributed by atoms with van der Waals surface area (Å²) in [6.45, 7) is 3.69. The minimum atomic E-state index is 0.0601. The quantitative estimate of drug-likeness (QED) is 0.708. The van der Waals surface area contributed by atoms with Gasteiger partial charge in [0.05, 0.1) is 18.1 Å². The third kappa shape index (κ3) is 3.34. The average molecular weight is 352 g/mol. The highest BCUT2D eigenvalue weighted by atomic mass is 16.2. The van der Waals surface area contributed by atoms with Gasteiger partial charge >= 0.3 is 0 Å². The highest BCUT2D eigenvalue weighted by molar-refractivity contribution is 5.76. The van der Waals surface area contributed by atoms with E-state index in [0.717, 1.165) is 50.2 Å². The Kier molecular flexibility index (Phi) is 4.69. The molecule has 26 heavy (non-hydrogen) atoms. The van der Waals surface area contributed by atoms with E-state index in [1.807, 2.05) is 26.3 Å².